The number of rotatable bonds is 20. The Morgan fingerprint density at radius 3 is 1.94 bits per heavy atom. The lowest BCUT2D eigenvalue weighted by Gasteiger charge is -2.38. The van der Waals surface area contributed by atoms with Crippen LogP contribution in [0, 0.1) is 52.1 Å². The van der Waals surface area contributed by atoms with Gasteiger partial charge in [0.05, 0.1) is 74.5 Å². The van der Waals surface area contributed by atoms with Crippen LogP contribution in [-0.2, 0) is 41.6 Å². The number of pyridine rings is 1. The Morgan fingerprint density at radius 1 is 0.815 bits per heavy atom. The van der Waals surface area contributed by atoms with E-state index in [9.17, 15) is 59.4 Å². The van der Waals surface area contributed by atoms with Crippen molar-refractivity contribution in [1.29, 1.82) is 0 Å². The molecule has 0 radical (unpaired) electrons. The van der Waals surface area contributed by atoms with Crippen LogP contribution in [-0.4, -0.2) is 150 Å². The summed E-state index contributed by atoms with van der Waals surface area (Å²) < 4.78 is 161. The van der Waals surface area contributed by atoms with E-state index >= 15 is 8.78 Å². The molecule has 3 saturated heterocycles. The van der Waals surface area contributed by atoms with Crippen molar-refractivity contribution >= 4 is 29.7 Å². The van der Waals surface area contributed by atoms with Gasteiger partial charge in [0.1, 0.15) is 23.5 Å². The number of hydrogen-bond acceptors (Lipinski definition) is 13. The molecule has 3 fully saturated rings. The number of fused-ring (bicyclic) bond motifs is 1. The van der Waals surface area contributed by atoms with Crippen LogP contribution in [0.3, 0.4) is 0 Å². The highest BCUT2D eigenvalue weighted by Gasteiger charge is 2.57. The van der Waals surface area contributed by atoms with Crippen molar-refractivity contribution in [2.45, 2.75) is 90.2 Å². The number of nitrogens with one attached hydrogen (secondary N) is 3. The summed E-state index contributed by atoms with van der Waals surface area (Å²) >= 11 is 0. The minimum absolute atomic E-state index is 0.205. The average molecular weight is 1150 g/mol. The summed E-state index contributed by atoms with van der Waals surface area (Å²) in [4.78, 5) is 62.5. The molecule has 81 heavy (non-hydrogen) atoms. The molecule has 0 spiro atoms. The normalized spacial score (nSPS) is 18.5. The van der Waals surface area contributed by atoms with Crippen molar-refractivity contribution in [3.8, 4) is 23.1 Å². The van der Waals surface area contributed by atoms with E-state index in [-0.39, 0.29) is 21.5 Å². The highest BCUT2D eigenvalue weighted by atomic mass is 19.4. The zero-order chi connectivity index (χ0) is 59.4. The third-order valence-corrected chi connectivity index (χ3v) is 15.2. The fourth-order valence-corrected chi connectivity index (χ4v) is 9.73. The van der Waals surface area contributed by atoms with Gasteiger partial charge in [-0.25, -0.2) is 28.3 Å². The number of benzene rings is 2. The van der Waals surface area contributed by atoms with Gasteiger partial charge in [0, 0.05) is 73.9 Å². The molecular weight excluding hydrogens is 1090 g/mol. The van der Waals surface area contributed by atoms with Crippen LogP contribution < -0.4 is 21.0 Å². The Bertz CT molecular complexity index is 2910. The monoisotopic (exact) mass is 1150 g/mol. The molecule has 2 aromatic heterocycles. The first-order valence-corrected chi connectivity index (χ1v) is 25.5. The standard InChI is InChI=1S/C54H61F10N9O8/c1-51(2,53(59,60)61)38(20-45(75)79-5)47(76)69-72(26-37-39(55)18-33(19-40(37)56)41-15-16-73(68-41)49(57)58)27-43(74)42(66-48(77)46(67-50(78)80-6)52(3,4)54(62,63)64)17-31-10-7-30(8-11-31)9-12-32-13-14-44(65-21-32)71-24-34-22-70(23-35(34)25-71)36-28-81-29-36/h7-8,10-11,13-16,18-19,21,34-36,38,42-43,46,49,74H,17,20,22-29H2,1-6H3,(H,66,77)(H,67,78)(H,69,76)/t34-,35+,38-,42+,43+,46-/m1/s1. The summed E-state index contributed by atoms with van der Waals surface area (Å²) in [6, 6.07) is 8.49. The summed E-state index contributed by atoms with van der Waals surface area (Å²) in [5.74, 6) is -1.57. The largest absolute Gasteiger partial charge is 0.469 e. The molecule has 0 bridgehead atoms. The predicted molar refractivity (Wildman–Crippen MR) is 270 cm³/mol. The maximum absolute atomic E-state index is 16.1. The molecule has 4 N–H and O–H groups in total. The van der Waals surface area contributed by atoms with Gasteiger partial charge >= 0.3 is 31.0 Å². The van der Waals surface area contributed by atoms with Crippen molar-refractivity contribution in [2.75, 3.05) is 65.1 Å². The van der Waals surface area contributed by atoms with Crippen molar-refractivity contribution in [3.63, 3.8) is 0 Å². The highest BCUT2D eigenvalue weighted by Crippen LogP contribution is 2.46. The number of nitrogens with zero attached hydrogens (tertiary/aromatic N) is 6. The van der Waals surface area contributed by atoms with Gasteiger partial charge in [-0.05, 0) is 80.1 Å². The minimum atomic E-state index is -5.17. The van der Waals surface area contributed by atoms with Crippen LogP contribution in [0.15, 0.2) is 67.0 Å². The van der Waals surface area contributed by atoms with Gasteiger partial charge in [0.25, 0.3) is 0 Å². The molecule has 3 aliphatic heterocycles. The van der Waals surface area contributed by atoms with Gasteiger partial charge in [-0.15, -0.1) is 0 Å². The Kier molecular flexibility index (Phi) is 19.0. The molecular formula is C54H61F10N9O8. The quantitative estimate of drug-likeness (QED) is 0.0314. The number of alkyl carbamates (subject to hydrolysis) is 1. The van der Waals surface area contributed by atoms with Crippen LogP contribution in [0.1, 0.15) is 62.9 Å². The smallest absolute Gasteiger partial charge is 0.407 e. The molecule has 17 nitrogen and oxygen atoms in total. The Labute approximate surface area is 459 Å². The number of carbonyl (C=O) groups excluding carboxylic acids is 4. The summed E-state index contributed by atoms with van der Waals surface area (Å²) in [5, 5.41) is 20.4. The van der Waals surface area contributed by atoms with Gasteiger partial charge in [-0.3, -0.25) is 24.7 Å². The Balaban J connectivity index is 1.17. The predicted octanol–water partition coefficient (Wildman–Crippen LogP) is 6.79. The highest BCUT2D eigenvalue weighted by molar-refractivity contribution is 5.87. The lowest BCUT2D eigenvalue weighted by molar-refractivity contribution is -0.231. The second-order valence-electron chi connectivity index (χ2n) is 21.4. The maximum Gasteiger partial charge on any atom is 0.407 e. The van der Waals surface area contributed by atoms with Crippen molar-refractivity contribution in [2.24, 2.45) is 28.6 Å². The first kappa shape index (κ1) is 61.6. The lowest BCUT2D eigenvalue weighted by Crippen LogP contribution is -2.62. The SMILES string of the molecule is COC(=O)C[C@H](C(=O)NN(Cc1c(F)cc(-c2ccn(C(F)F)n2)cc1F)C[C@H](O)[C@H](Cc1ccc(C#Cc2ccc(N3C[C@@H]4CN(C5COC5)C[C@@H]4C3)nc2)cc1)NC(=O)[C@@H](NC(=O)OC)C(C)(C)C(F)(F)F)C(C)(C)C(F)(F)F. The Morgan fingerprint density at radius 2 is 1.42 bits per heavy atom. The number of methoxy groups -OCH3 is 2. The molecule has 2 aromatic carbocycles. The molecule has 7 rings (SSSR count). The van der Waals surface area contributed by atoms with Crippen LogP contribution >= 0.6 is 0 Å². The summed E-state index contributed by atoms with van der Waals surface area (Å²) in [6.45, 7) is 2.42. The van der Waals surface area contributed by atoms with E-state index in [1.807, 2.05) is 17.4 Å². The number of alkyl halides is 8. The fraction of sp³-hybridized carbons (Fsp3) is 0.519. The van der Waals surface area contributed by atoms with E-state index in [0.717, 1.165) is 71.7 Å². The number of likely N-dealkylation sites (tertiary alicyclic amines) is 1. The lowest BCUT2D eigenvalue weighted by atomic mass is 9.75. The second-order valence-corrected chi connectivity index (χ2v) is 21.4. The van der Waals surface area contributed by atoms with E-state index < -0.39 is 121 Å². The number of aliphatic hydroxyl groups is 1. The van der Waals surface area contributed by atoms with Gasteiger partial charge < -0.3 is 34.9 Å². The molecule has 0 aliphatic carbocycles. The first-order chi connectivity index (χ1) is 38.0. The molecule has 3 amide bonds. The number of esters is 1. The molecule has 4 aromatic rings. The number of hydrogen-bond donors (Lipinski definition) is 4. The number of carbonyl (C=O) groups is 4. The van der Waals surface area contributed by atoms with Crippen molar-refractivity contribution in [1.82, 2.24) is 40.7 Å². The summed E-state index contributed by atoms with van der Waals surface area (Å²) in [6.07, 6.45) is -13.1. The van der Waals surface area contributed by atoms with Crippen LogP contribution in [0.4, 0.5) is 54.5 Å². The molecule has 27 heteroatoms. The van der Waals surface area contributed by atoms with E-state index in [1.54, 1.807) is 18.3 Å². The number of anilines is 1. The number of halogens is 10. The van der Waals surface area contributed by atoms with Gasteiger partial charge in [0.15, 0.2) is 0 Å². The fourth-order valence-electron chi connectivity index (χ4n) is 9.73. The number of amides is 3. The third-order valence-electron chi connectivity index (χ3n) is 15.2. The first-order valence-electron chi connectivity index (χ1n) is 25.5. The molecule has 3 aliphatic rings. The molecule has 6 atom stereocenters. The van der Waals surface area contributed by atoms with E-state index in [2.05, 4.69) is 51.9 Å². The number of hydrazine groups is 1. The summed E-state index contributed by atoms with van der Waals surface area (Å²) in [7, 11) is 1.67. The second kappa shape index (κ2) is 25.0. The number of aromatic nitrogens is 3. The third kappa shape index (κ3) is 14.5. The number of aliphatic hydroxyl groups excluding tert-OH is 1. The zero-order valence-electron chi connectivity index (χ0n) is 44.8. The van der Waals surface area contributed by atoms with Crippen LogP contribution in [0.5, 0.6) is 0 Å². The molecule has 0 saturated carbocycles. The van der Waals surface area contributed by atoms with Crippen LogP contribution in [0.25, 0.3) is 11.3 Å². The van der Waals surface area contributed by atoms with Crippen molar-refractivity contribution in [3.05, 3.63) is 101 Å². The van der Waals surface area contributed by atoms with Crippen molar-refractivity contribution < 1.29 is 82.4 Å². The number of ether oxygens (including phenoxy) is 3. The average Bonchev–Trinajstić information content (AvgIpc) is 4.14. The van der Waals surface area contributed by atoms with Crippen LogP contribution in [0.2, 0.25) is 0 Å². The summed E-state index contributed by atoms with van der Waals surface area (Å²) in [5.41, 5.74) is -4.17. The Hall–Kier alpha value is -7.02. The van der Waals surface area contributed by atoms with E-state index in [0.29, 0.717) is 73.8 Å². The molecule has 0 unspecified atom stereocenters. The van der Waals surface area contributed by atoms with Gasteiger partial charge in [-0.1, -0.05) is 37.8 Å². The maximum atomic E-state index is 16.1. The molecule has 440 valence electrons. The minimum Gasteiger partial charge on any atom is -0.469 e. The van der Waals surface area contributed by atoms with E-state index in [4.69, 9.17) is 4.74 Å². The van der Waals surface area contributed by atoms with Gasteiger partial charge in [0.2, 0.25) is 11.8 Å². The molecule has 5 heterocycles. The van der Waals surface area contributed by atoms with E-state index in [1.165, 1.54) is 12.1 Å². The zero-order valence-corrected chi connectivity index (χ0v) is 44.8. The van der Waals surface area contributed by atoms with Gasteiger partial charge in [-0.2, -0.15) is 40.2 Å². The topological polar surface area (TPSA) is 193 Å².